The van der Waals surface area contributed by atoms with Crippen LogP contribution >= 0.6 is 7.82 Å². The normalized spacial score (nSPS) is 14.3. The molecule has 3 atom stereocenters. The van der Waals surface area contributed by atoms with E-state index in [0.29, 0.717) is 17.4 Å². The molecule has 2 N–H and O–H groups in total. The molecule has 9 nitrogen and oxygen atoms in total. The molecule has 406 valence electrons. The van der Waals surface area contributed by atoms with Gasteiger partial charge in [-0.15, -0.1) is 0 Å². The molecule has 0 aliphatic carbocycles. The van der Waals surface area contributed by atoms with Crippen molar-refractivity contribution in [3.63, 3.8) is 0 Å². The number of unbranched alkanes of at least 4 members (excludes halogenated alkanes) is 25. The molecular weight excluding hydrogens is 892 g/mol. The molecule has 0 aromatic rings. The Balaban J connectivity index is 5.32. The third-order valence-corrected chi connectivity index (χ3v) is 13.4. The van der Waals surface area contributed by atoms with Gasteiger partial charge in [0.05, 0.1) is 33.8 Å². The van der Waals surface area contributed by atoms with Crippen LogP contribution in [0.2, 0.25) is 0 Å². The number of hydrogen-bond donors (Lipinski definition) is 2. The molecule has 1 amide bonds. The zero-order chi connectivity index (χ0) is 51.5. The first-order valence-electron chi connectivity index (χ1n) is 28.8. The number of carbonyl (C=O) groups is 2. The number of amides is 1. The van der Waals surface area contributed by atoms with Crippen LogP contribution in [0.15, 0.2) is 72.9 Å². The predicted octanol–water partition coefficient (Wildman–Crippen LogP) is 17.3. The van der Waals surface area contributed by atoms with E-state index in [1.165, 1.54) is 103 Å². The zero-order valence-electron chi connectivity index (χ0n) is 46.2. The van der Waals surface area contributed by atoms with Crippen molar-refractivity contribution in [1.29, 1.82) is 0 Å². The Hall–Kier alpha value is -2.55. The van der Waals surface area contributed by atoms with Crippen LogP contribution in [0.1, 0.15) is 245 Å². The molecule has 0 aromatic heterocycles. The lowest BCUT2D eigenvalue weighted by Gasteiger charge is -2.27. The van der Waals surface area contributed by atoms with E-state index in [2.05, 4.69) is 86.8 Å². The monoisotopic (exact) mass is 1000 g/mol. The van der Waals surface area contributed by atoms with Crippen LogP contribution in [0.4, 0.5) is 0 Å². The molecule has 3 unspecified atom stereocenters. The number of likely N-dealkylation sites (N-methyl/N-ethyl adjacent to an activating group) is 1. The highest BCUT2D eigenvalue weighted by atomic mass is 31.2. The minimum absolute atomic E-state index is 0.0337. The average Bonchev–Trinajstić information content (AvgIpc) is 3.32. The molecule has 0 spiro atoms. The molecule has 0 bridgehead atoms. The molecule has 0 fully saturated rings. The number of nitrogens with one attached hydrogen (secondary N) is 1. The summed E-state index contributed by atoms with van der Waals surface area (Å²) in [5, 5.41) is 3.04. The van der Waals surface area contributed by atoms with Gasteiger partial charge in [0, 0.05) is 12.8 Å². The van der Waals surface area contributed by atoms with Crippen LogP contribution in [0, 0.1) is 0 Å². The number of nitrogens with zero attached hydrogens (tertiary/aromatic N) is 1. The van der Waals surface area contributed by atoms with Crippen molar-refractivity contribution in [3.05, 3.63) is 72.9 Å². The van der Waals surface area contributed by atoms with Crippen LogP contribution in [0.3, 0.4) is 0 Å². The van der Waals surface area contributed by atoms with Crippen LogP contribution in [-0.4, -0.2) is 74.3 Å². The summed E-state index contributed by atoms with van der Waals surface area (Å²) >= 11 is 0. The van der Waals surface area contributed by atoms with Crippen LogP contribution in [0.25, 0.3) is 0 Å². The lowest BCUT2D eigenvalue weighted by atomic mass is 10.1. The maximum Gasteiger partial charge on any atom is 0.472 e. The first-order chi connectivity index (χ1) is 33.9. The summed E-state index contributed by atoms with van der Waals surface area (Å²) in [6, 6.07) is -0.859. The number of hydrogen-bond acceptors (Lipinski definition) is 6. The number of phosphoric acid groups is 1. The molecule has 0 aromatic carbocycles. The smallest absolute Gasteiger partial charge is 0.456 e. The molecule has 0 saturated heterocycles. The Labute approximate surface area is 432 Å². The molecule has 0 aliphatic heterocycles. The molecule has 0 rings (SSSR count). The first kappa shape index (κ1) is 67.5. The van der Waals surface area contributed by atoms with E-state index in [1.54, 1.807) is 0 Å². The van der Waals surface area contributed by atoms with Gasteiger partial charge in [0.1, 0.15) is 19.3 Å². The highest BCUT2D eigenvalue weighted by Gasteiger charge is 2.30. The maximum atomic E-state index is 13.5. The molecule has 0 heterocycles. The zero-order valence-corrected chi connectivity index (χ0v) is 47.1. The van der Waals surface area contributed by atoms with Gasteiger partial charge in [-0.25, -0.2) is 4.57 Å². The Bertz CT molecular complexity index is 1430. The van der Waals surface area contributed by atoms with Gasteiger partial charge in [-0.1, -0.05) is 210 Å². The van der Waals surface area contributed by atoms with E-state index in [-0.39, 0.29) is 31.5 Å². The fraction of sp³-hybridized carbons (Fsp3) is 0.767. The van der Waals surface area contributed by atoms with Crippen molar-refractivity contribution in [2.24, 2.45) is 0 Å². The average molecular weight is 1000 g/mol. The number of carbonyl (C=O) groups excluding carboxylic acids is 2. The van der Waals surface area contributed by atoms with Gasteiger partial charge in [0.2, 0.25) is 5.91 Å². The topological polar surface area (TPSA) is 111 Å². The van der Waals surface area contributed by atoms with Crippen LogP contribution < -0.4 is 5.32 Å². The van der Waals surface area contributed by atoms with Gasteiger partial charge in [-0.2, -0.15) is 0 Å². The van der Waals surface area contributed by atoms with Gasteiger partial charge in [0.15, 0.2) is 0 Å². The second kappa shape index (κ2) is 50.0. The number of quaternary nitrogens is 1. The quantitative estimate of drug-likeness (QED) is 0.0205. The summed E-state index contributed by atoms with van der Waals surface area (Å²) in [5.74, 6) is -0.532. The standard InChI is InChI=1S/C60H109N2O7P/c1-7-10-13-16-19-22-25-27-29-30-31-32-33-35-38-41-44-47-50-53-60(64)69-58(51-48-45-42-39-36-24-21-18-15-12-9-3)57(56-68-70(65,66)67-55-54-62(4,5)6)61-59(63)52-49-46-43-40-37-34-28-26-23-20-17-14-11-8-2/h11,14,19-20,22-23,27,29,31-32,48,51,57-58H,7-10,12-13,15-18,21,24-26,28,30,33-47,49-50,52-56H2,1-6H3,(H-,61,63,65,66)/p+1/b14-11+,22-19-,23-20+,29-27-,32-31-,51-48+. The molecule has 0 saturated carbocycles. The second-order valence-corrected chi connectivity index (χ2v) is 21.9. The van der Waals surface area contributed by atoms with E-state index in [0.717, 1.165) is 109 Å². The summed E-state index contributed by atoms with van der Waals surface area (Å²) in [6.07, 6.45) is 63.2. The van der Waals surface area contributed by atoms with Crippen LogP contribution in [-0.2, 0) is 27.9 Å². The third-order valence-electron chi connectivity index (χ3n) is 12.4. The number of esters is 1. The van der Waals surface area contributed by atoms with E-state index in [1.807, 2.05) is 33.3 Å². The SMILES string of the molecule is CC/C=C/C/C=C/CCCCCCCCCC(=O)NC(COP(=O)(O)OCC[N+](C)(C)C)C(/C=C/CCCCCCCCCCC)OC(=O)CCCCCCCC/C=C\C/C=C\C/C=C\CCCCC. The Morgan fingerprint density at radius 2 is 0.914 bits per heavy atom. The number of rotatable bonds is 51. The fourth-order valence-electron chi connectivity index (χ4n) is 7.92. The van der Waals surface area contributed by atoms with Crippen molar-refractivity contribution >= 4 is 19.7 Å². The van der Waals surface area contributed by atoms with Crippen molar-refractivity contribution in [1.82, 2.24) is 5.32 Å². The van der Waals surface area contributed by atoms with E-state index in [9.17, 15) is 19.0 Å². The van der Waals surface area contributed by atoms with Gasteiger partial charge >= 0.3 is 13.8 Å². The van der Waals surface area contributed by atoms with Crippen molar-refractivity contribution in [2.75, 3.05) is 40.9 Å². The largest absolute Gasteiger partial charge is 0.472 e. The van der Waals surface area contributed by atoms with E-state index in [4.69, 9.17) is 13.8 Å². The summed E-state index contributed by atoms with van der Waals surface area (Å²) in [4.78, 5) is 37.6. The number of allylic oxidation sites excluding steroid dienone is 11. The van der Waals surface area contributed by atoms with Gasteiger partial charge < -0.3 is 19.4 Å². The van der Waals surface area contributed by atoms with Gasteiger partial charge in [-0.05, 0) is 96.0 Å². The molecule has 70 heavy (non-hydrogen) atoms. The Kier molecular flexibility index (Phi) is 48.2. The highest BCUT2D eigenvalue weighted by molar-refractivity contribution is 7.47. The molecular formula is C60H110N2O7P+. The van der Waals surface area contributed by atoms with Gasteiger partial charge in [-0.3, -0.25) is 18.6 Å². The summed E-state index contributed by atoms with van der Waals surface area (Å²) in [5.41, 5.74) is 0. The summed E-state index contributed by atoms with van der Waals surface area (Å²) in [6.45, 7) is 6.85. The second-order valence-electron chi connectivity index (χ2n) is 20.4. The van der Waals surface area contributed by atoms with Crippen molar-refractivity contribution in [2.45, 2.75) is 258 Å². The number of ether oxygens (including phenoxy) is 1. The van der Waals surface area contributed by atoms with E-state index < -0.39 is 20.0 Å². The van der Waals surface area contributed by atoms with E-state index >= 15 is 0 Å². The molecule has 0 aliphatic rings. The predicted molar refractivity (Wildman–Crippen MR) is 300 cm³/mol. The first-order valence-corrected chi connectivity index (χ1v) is 30.3. The minimum atomic E-state index is -4.45. The fourth-order valence-corrected chi connectivity index (χ4v) is 8.66. The Morgan fingerprint density at radius 1 is 0.514 bits per heavy atom. The highest BCUT2D eigenvalue weighted by Crippen LogP contribution is 2.43. The molecule has 10 heteroatoms. The number of phosphoric ester groups is 1. The maximum absolute atomic E-state index is 13.5. The molecule has 0 radical (unpaired) electrons. The summed E-state index contributed by atoms with van der Waals surface area (Å²) < 4.78 is 30.6. The Morgan fingerprint density at radius 3 is 1.40 bits per heavy atom. The van der Waals surface area contributed by atoms with Crippen LogP contribution in [0.5, 0.6) is 0 Å². The lowest BCUT2D eigenvalue weighted by molar-refractivity contribution is -0.870. The lowest BCUT2D eigenvalue weighted by Crippen LogP contribution is -2.47. The van der Waals surface area contributed by atoms with Crippen molar-refractivity contribution < 1.29 is 37.3 Å². The van der Waals surface area contributed by atoms with Gasteiger partial charge in [0.25, 0.3) is 0 Å². The minimum Gasteiger partial charge on any atom is -0.456 e. The van der Waals surface area contributed by atoms with Crippen molar-refractivity contribution in [3.8, 4) is 0 Å². The summed E-state index contributed by atoms with van der Waals surface area (Å²) in [7, 11) is 1.47. The third kappa shape index (κ3) is 50.4.